The van der Waals surface area contributed by atoms with Crippen LogP contribution in [0.3, 0.4) is 0 Å². The van der Waals surface area contributed by atoms with Crippen LogP contribution in [-0.4, -0.2) is 63.8 Å². The van der Waals surface area contributed by atoms with Gasteiger partial charge in [-0.25, -0.2) is 9.97 Å². The fourth-order valence-electron chi connectivity index (χ4n) is 3.58. The van der Waals surface area contributed by atoms with Crippen molar-refractivity contribution in [3.05, 3.63) is 58.5 Å². The van der Waals surface area contributed by atoms with Crippen molar-refractivity contribution in [3.63, 3.8) is 0 Å². The summed E-state index contributed by atoms with van der Waals surface area (Å²) in [5.74, 6) is -0.288. The summed E-state index contributed by atoms with van der Waals surface area (Å²) in [6, 6.07) is 10.1. The Morgan fingerprint density at radius 1 is 1.24 bits per heavy atom. The summed E-state index contributed by atoms with van der Waals surface area (Å²) in [6.45, 7) is 1.08. The Morgan fingerprint density at radius 2 is 2.03 bits per heavy atom. The molecule has 1 unspecified atom stereocenters. The highest BCUT2D eigenvalue weighted by atomic mass is 32.2. The van der Waals surface area contributed by atoms with Crippen LogP contribution in [0.5, 0.6) is 0 Å². The number of benzene rings is 1. The van der Waals surface area contributed by atoms with Gasteiger partial charge in [-0.3, -0.25) is 19.0 Å². The van der Waals surface area contributed by atoms with E-state index in [0.29, 0.717) is 40.6 Å². The van der Waals surface area contributed by atoms with Crippen LogP contribution in [0.25, 0.3) is 11.0 Å². The minimum absolute atomic E-state index is 0.0461. The van der Waals surface area contributed by atoms with E-state index in [9.17, 15) is 14.4 Å². The molecular formula is C23H25N5O4S. The molecule has 1 aromatic carbocycles. The van der Waals surface area contributed by atoms with Gasteiger partial charge in [-0.1, -0.05) is 11.8 Å². The summed E-state index contributed by atoms with van der Waals surface area (Å²) in [5.41, 5.74) is 1.29. The Morgan fingerprint density at radius 3 is 2.73 bits per heavy atom. The number of carbonyl (C=O) groups is 2. The Bertz CT molecular complexity index is 1220. The van der Waals surface area contributed by atoms with Gasteiger partial charge in [0.1, 0.15) is 0 Å². The molecule has 0 bridgehead atoms. The smallest absolute Gasteiger partial charge is 0.263 e. The molecule has 172 valence electrons. The third-order valence-corrected chi connectivity index (χ3v) is 6.24. The molecule has 0 saturated carbocycles. The predicted molar refractivity (Wildman–Crippen MR) is 127 cm³/mol. The highest BCUT2D eigenvalue weighted by molar-refractivity contribution is 7.99. The Kier molecular flexibility index (Phi) is 7.05. The van der Waals surface area contributed by atoms with E-state index in [1.54, 1.807) is 61.3 Å². The van der Waals surface area contributed by atoms with Crippen molar-refractivity contribution >= 4 is 40.3 Å². The van der Waals surface area contributed by atoms with Crippen molar-refractivity contribution in [3.8, 4) is 0 Å². The normalized spacial score (nSPS) is 15.5. The largest absolute Gasteiger partial charge is 0.376 e. The zero-order valence-corrected chi connectivity index (χ0v) is 19.3. The number of hydrogen-bond donors (Lipinski definition) is 1. The number of carbonyl (C=O) groups excluding carboxylic acids is 2. The van der Waals surface area contributed by atoms with Gasteiger partial charge >= 0.3 is 0 Å². The molecule has 3 heterocycles. The van der Waals surface area contributed by atoms with Crippen molar-refractivity contribution in [2.75, 3.05) is 31.8 Å². The fourth-order valence-corrected chi connectivity index (χ4v) is 4.38. The standard InChI is InChI=1S/C23H25N5O4S/c1-27(2)21(30)15-7-9-16(10-8-15)25-19(29)14-33-23-26-20-18(6-3-11-24-20)22(31)28(23)13-17-5-4-12-32-17/h3,6-11,17H,4-5,12-14H2,1-2H3,(H,25,29). The van der Waals surface area contributed by atoms with Gasteiger partial charge in [0.2, 0.25) is 5.91 Å². The first kappa shape index (κ1) is 22.9. The molecule has 10 heteroatoms. The van der Waals surface area contributed by atoms with Gasteiger partial charge in [0.25, 0.3) is 11.5 Å². The number of thioether (sulfide) groups is 1. The molecular weight excluding hydrogens is 442 g/mol. The molecule has 2 aromatic heterocycles. The summed E-state index contributed by atoms with van der Waals surface area (Å²) in [4.78, 5) is 47.9. The van der Waals surface area contributed by atoms with E-state index in [2.05, 4.69) is 15.3 Å². The molecule has 4 rings (SSSR count). The van der Waals surface area contributed by atoms with E-state index in [1.165, 1.54) is 16.7 Å². The molecule has 0 radical (unpaired) electrons. The van der Waals surface area contributed by atoms with Crippen LogP contribution in [0, 0.1) is 0 Å². The molecule has 33 heavy (non-hydrogen) atoms. The van der Waals surface area contributed by atoms with Crippen molar-refractivity contribution in [1.29, 1.82) is 0 Å². The second-order valence-electron chi connectivity index (χ2n) is 7.93. The molecule has 1 saturated heterocycles. The van der Waals surface area contributed by atoms with E-state index in [1.807, 2.05) is 0 Å². The first-order valence-corrected chi connectivity index (χ1v) is 11.6. The average Bonchev–Trinajstić information content (AvgIpc) is 3.33. The summed E-state index contributed by atoms with van der Waals surface area (Å²) in [7, 11) is 3.37. The van der Waals surface area contributed by atoms with Crippen LogP contribution in [0.4, 0.5) is 5.69 Å². The molecule has 9 nitrogen and oxygen atoms in total. The summed E-state index contributed by atoms with van der Waals surface area (Å²) in [5, 5.41) is 3.69. The first-order chi connectivity index (χ1) is 15.9. The SMILES string of the molecule is CN(C)C(=O)c1ccc(NC(=O)CSc2nc3ncccc3c(=O)n2CC2CCCO2)cc1. The number of nitrogens with one attached hydrogen (secondary N) is 1. The molecule has 2 amide bonds. The lowest BCUT2D eigenvalue weighted by atomic mass is 10.2. The van der Waals surface area contributed by atoms with Crippen LogP contribution in [0.1, 0.15) is 23.2 Å². The minimum atomic E-state index is -0.245. The van der Waals surface area contributed by atoms with Gasteiger partial charge in [-0.05, 0) is 49.2 Å². The van der Waals surface area contributed by atoms with Crippen LogP contribution >= 0.6 is 11.8 Å². The third kappa shape index (κ3) is 5.40. The Labute approximate surface area is 195 Å². The van der Waals surface area contributed by atoms with Gasteiger partial charge in [0.05, 0.1) is 23.8 Å². The van der Waals surface area contributed by atoms with E-state index in [0.717, 1.165) is 12.8 Å². The number of rotatable bonds is 7. The number of anilines is 1. The molecule has 0 aliphatic carbocycles. The van der Waals surface area contributed by atoms with Crippen LogP contribution in [0.2, 0.25) is 0 Å². The van der Waals surface area contributed by atoms with Gasteiger partial charge in [-0.2, -0.15) is 0 Å². The zero-order chi connectivity index (χ0) is 23.4. The highest BCUT2D eigenvalue weighted by Crippen LogP contribution is 2.21. The predicted octanol–water partition coefficient (Wildman–Crippen LogP) is 2.40. The number of aromatic nitrogens is 3. The Hall–Kier alpha value is -3.24. The highest BCUT2D eigenvalue weighted by Gasteiger charge is 2.21. The van der Waals surface area contributed by atoms with Gasteiger partial charge < -0.3 is 15.0 Å². The molecule has 1 fully saturated rings. The monoisotopic (exact) mass is 467 g/mol. The number of amides is 2. The molecule has 1 aliphatic rings. The molecule has 3 aromatic rings. The maximum atomic E-state index is 13.1. The minimum Gasteiger partial charge on any atom is -0.376 e. The molecule has 1 N–H and O–H groups in total. The number of ether oxygens (including phenoxy) is 1. The average molecular weight is 468 g/mol. The van der Waals surface area contributed by atoms with Crippen LogP contribution < -0.4 is 10.9 Å². The molecule has 1 aliphatic heterocycles. The first-order valence-electron chi connectivity index (χ1n) is 10.6. The van der Waals surface area contributed by atoms with Crippen LogP contribution in [-0.2, 0) is 16.1 Å². The topological polar surface area (TPSA) is 106 Å². The van der Waals surface area contributed by atoms with E-state index >= 15 is 0 Å². The summed E-state index contributed by atoms with van der Waals surface area (Å²) >= 11 is 1.18. The lowest BCUT2D eigenvalue weighted by molar-refractivity contribution is -0.113. The van der Waals surface area contributed by atoms with Crippen molar-refractivity contribution < 1.29 is 14.3 Å². The number of pyridine rings is 1. The van der Waals surface area contributed by atoms with Crippen molar-refractivity contribution in [1.82, 2.24) is 19.4 Å². The maximum Gasteiger partial charge on any atom is 0.263 e. The molecule has 0 spiro atoms. The van der Waals surface area contributed by atoms with E-state index in [-0.39, 0.29) is 29.2 Å². The van der Waals surface area contributed by atoms with Crippen molar-refractivity contribution in [2.45, 2.75) is 30.6 Å². The van der Waals surface area contributed by atoms with E-state index < -0.39 is 0 Å². The van der Waals surface area contributed by atoms with Gasteiger partial charge in [0.15, 0.2) is 10.8 Å². The lowest BCUT2D eigenvalue weighted by Crippen LogP contribution is -2.29. The molecule has 1 atom stereocenters. The number of fused-ring (bicyclic) bond motifs is 1. The summed E-state index contributed by atoms with van der Waals surface area (Å²) in [6.07, 6.45) is 3.39. The van der Waals surface area contributed by atoms with Crippen molar-refractivity contribution in [2.24, 2.45) is 0 Å². The summed E-state index contributed by atoms with van der Waals surface area (Å²) < 4.78 is 7.29. The van der Waals surface area contributed by atoms with Gasteiger partial charge in [0, 0.05) is 38.1 Å². The lowest BCUT2D eigenvalue weighted by Gasteiger charge is -2.16. The Balaban J connectivity index is 1.48. The fraction of sp³-hybridized carbons (Fsp3) is 0.348. The third-order valence-electron chi connectivity index (χ3n) is 5.26. The zero-order valence-electron chi connectivity index (χ0n) is 18.5. The van der Waals surface area contributed by atoms with E-state index in [4.69, 9.17) is 4.74 Å². The number of hydrogen-bond acceptors (Lipinski definition) is 7. The second kappa shape index (κ2) is 10.1. The second-order valence-corrected chi connectivity index (χ2v) is 8.88. The van der Waals surface area contributed by atoms with Gasteiger partial charge in [-0.15, -0.1) is 0 Å². The van der Waals surface area contributed by atoms with Crippen LogP contribution in [0.15, 0.2) is 52.5 Å². The number of nitrogens with zero attached hydrogens (tertiary/aromatic N) is 4. The maximum absolute atomic E-state index is 13.1. The quantitative estimate of drug-likeness (QED) is 0.420.